The molecule has 1 heterocycles. The van der Waals surface area contributed by atoms with Crippen molar-refractivity contribution in [3.63, 3.8) is 0 Å². The van der Waals surface area contributed by atoms with E-state index in [0.29, 0.717) is 10.9 Å². The van der Waals surface area contributed by atoms with E-state index in [0.717, 1.165) is 0 Å². The molecule has 2 rings (SSSR count). The number of methoxy groups -OCH3 is 1. The molecule has 1 aromatic heterocycles. The van der Waals surface area contributed by atoms with Gasteiger partial charge >= 0.3 is 6.09 Å². The van der Waals surface area contributed by atoms with Gasteiger partial charge in [-0.05, 0) is 12.1 Å². The Morgan fingerprint density at radius 1 is 1.53 bits per heavy atom. The second-order valence-corrected chi connectivity index (χ2v) is 3.39. The molecule has 2 aromatic rings. The highest BCUT2D eigenvalue weighted by Gasteiger charge is 2.11. The lowest BCUT2D eigenvalue weighted by Crippen LogP contribution is -2.09. The molecule has 0 atom stereocenters. The lowest BCUT2D eigenvalue weighted by molar-refractivity contribution is 0.174. The molecular formula is C10H7ClFNO2. The standard InChI is InChI=1S/C10H7ClFNO2/c1-15-10(14)13-3-2-6-4-7(11)8(12)5-9(6)13/h2-5H,1H3. The van der Waals surface area contributed by atoms with Crippen LogP contribution in [0.3, 0.4) is 0 Å². The first-order valence-electron chi connectivity index (χ1n) is 4.18. The Hall–Kier alpha value is -1.55. The minimum absolute atomic E-state index is 0.0325. The van der Waals surface area contributed by atoms with Gasteiger partial charge in [-0.15, -0.1) is 0 Å². The van der Waals surface area contributed by atoms with Crippen LogP contribution in [0.5, 0.6) is 0 Å². The first-order chi connectivity index (χ1) is 7.13. The number of hydrogen-bond acceptors (Lipinski definition) is 2. The zero-order valence-electron chi connectivity index (χ0n) is 7.83. The predicted molar refractivity (Wildman–Crippen MR) is 54.7 cm³/mol. The van der Waals surface area contributed by atoms with Crippen LogP contribution in [0.4, 0.5) is 9.18 Å². The summed E-state index contributed by atoms with van der Waals surface area (Å²) in [7, 11) is 1.26. The normalized spacial score (nSPS) is 10.6. The lowest BCUT2D eigenvalue weighted by atomic mass is 10.2. The molecule has 0 spiro atoms. The van der Waals surface area contributed by atoms with Crippen LogP contribution >= 0.6 is 11.6 Å². The number of aromatic nitrogens is 1. The fourth-order valence-electron chi connectivity index (χ4n) is 1.39. The number of carbonyl (C=O) groups is 1. The first kappa shape index (κ1) is 9.98. The topological polar surface area (TPSA) is 31.2 Å². The van der Waals surface area contributed by atoms with E-state index in [1.54, 1.807) is 6.07 Å². The fourth-order valence-corrected chi connectivity index (χ4v) is 1.56. The molecule has 0 unspecified atom stereocenters. The van der Waals surface area contributed by atoms with Gasteiger partial charge < -0.3 is 4.74 Å². The zero-order valence-corrected chi connectivity index (χ0v) is 8.58. The Labute approximate surface area is 90.0 Å². The molecule has 15 heavy (non-hydrogen) atoms. The SMILES string of the molecule is COC(=O)n1ccc2cc(Cl)c(F)cc21. The van der Waals surface area contributed by atoms with E-state index in [1.807, 2.05) is 0 Å². The number of halogens is 2. The Morgan fingerprint density at radius 2 is 2.27 bits per heavy atom. The van der Waals surface area contributed by atoms with Crippen LogP contribution in [-0.2, 0) is 4.74 Å². The van der Waals surface area contributed by atoms with Crippen LogP contribution in [-0.4, -0.2) is 17.8 Å². The van der Waals surface area contributed by atoms with Gasteiger partial charge in [0.15, 0.2) is 0 Å². The van der Waals surface area contributed by atoms with Gasteiger partial charge in [0.25, 0.3) is 0 Å². The van der Waals surface area contributed by atoms with Gasteiger partial charge in [-0.25, -0.2) is 9.18 Å². The van der Waals surface area contributed by atoms with Crippen LogP contribution in [0, 0.1) is 5.82 Å². The summed E-state index contributed by atoms with van der Waals surface area (Å²) >= 11 is 5.61. The third-order valence-electron chi connectivity index (χ3n) is 2.10. The van der Waals surface area contributed by atoms with E-state index >= 15 is 0 Å². The van der Waals surface area contributed by atoms with E-state index in [2.05, 4.69) is 4.74 Å². The maximum absolute atomic E-state index is 13.2. The molecule has 0 amide bonds. The van der Waals surface area contributed by atoms with Crippen LogP contribution in [0.1, 0.15) is 0 Å². The molecule has 0 aliphatic carbocycles. The third kappa shape index (κ3) is 1.57. The largest absolute Gasteiger partial charge is 0.452 e. The maximum Gasteiger partial charge on any atom is 0.418 e. The summed E-state index contributed by atoms with van der Waals surface area (Å²) in [5.41, 5.74) is 0.434. The van der Waals surface area contributed by atoms with Gasteiger partial charge in [-0.1, -0.05) is 11.6 Å². The van der Waals surface area contributed by atoms with Gasteiger partial charge in [-0.3, -0.25) is 4.57 Å². The average molecular weight is 228 g/mol. The molecule has 0 N–H and O–H groups in total. The summed E-state index contributed by atoms with van der Waals surface area (Å²) in [6.45, 7) is 0. The molecular weight excluding hydrogens is 221 g/mol. The van der Waals surface area contributed by atoms with Crippen LogP contribution in [0.25, 0.3) is 10.9 Å². The van der Waals surface area contributed by atoms with Gasteiger partial charge in [-0.2, -0.15) is 0 Å². The quantitative estimate of drug-likeness (QED) is 0.693. The Morgan fingerprint density at radius 3 is 2.93 bits per heavy atom. The Kier molecular flexibility index (Phi) is 2.36. The van der Waals surface area contributed by atoms with Crippen molar-refractivity contribution in [2.24, 2.45) is 0 Å². The highest BCUT2D eigenvalue weighted by atomic mass is 35.5. The third-order valence-corrected chi connectivity index (χ3v) is 2.39. The average Bonchev–Trinajstić information content (AvgIpc) is 2.61. The molecule has 5 heteroatoms. The minimum Gasteiger partial charge on any atom is -0.452 e. The second-order valence-electron chi connectivity index (χ2n) is 2.98. The minimum atomic E-state index is -0.563. The van der Waals surface area contributed by atoms with E-state index in [-0.39, 0.29) is 5.02 Å². The summed E-state index contributed by atoms with van der Waals surface area (Å²) in [5, 5.41) is 0.719. The van der Waals surface area contributed by atoms with Crippen LogP contribution in [0.15, 0.2) is 24.4 Å². The highest BCUT2D eigenvalue weighted by Crippen LogP contribution is 2.23. The van der Waals surface area contributed by atoms with Crippen molar-refractivity contribution in [2.75, 3.05) is 7.11 Å². The van der Waals surface area contributed by atoms with Gasteiger partial charge in [0.2, 0.25) is 0 Å². The molecule has 78 valence electrons. The van der Waals surface area contributed by atoms with E-state index in [9.17, 15) is 9.18 Å². The zero-order chi connectivity index (χ0) is 11.0. The number of fused-ring (bicyclic) bond motifs is 1. The van der Waals surface area contributed by atoms with Crippen molar-refractivity contribution in [3.8, 4) is 0 Å². The van der Waals surface area contributed by atoms with E-state index in [1.165, 1.54) is 30.0 Å². The molecule has 0 saturated carbocycles. The molecule has 0 aliphatic heterocycles. The van der Waals surface area contributed by atoms with E-state index < -0.39 is 11.9 Å². The molecule has 0 saturated heterocycles. The van der Waals surface area contributed by atoms with Crippen molar-refractivity contribution in [2.45, 2.75) is 0 Å². The summed E-state index contributed by atoms with van der Waals surface area (Å²) < 4.78 is 18.9. The van der Waals surface area contributed by atoms with Crippen molar-refractivity contribution in [3.05, 3.63) is 35.2 Å². The molecule has 0 aliphatic rings. The number of hydrogen-bond donors (Lipinski definition) is 0. The summed E-state index contributed by atoms with van der Waals surface area (Å²) in [6, 6.07) is 4.33. The van der Waals surface area contributed by atoms with Crippen molar-refractivity contribution < 1.29 is 13.9 Å². The number of ether oxygens (including phenoxy) is 1. The molecule has 0 fully saturated rings. The van der Waals surface area contributed by atoms with Crippen molar-refractivity contribution in [1.29, 1.82) is 0 Å². The van der Waals surface area contributed by atoms with Gasteiger partial charge in [0.1, 0.15) is 5.82 Å². The summed E-state index contributed by atoms with van der Waals surface area (Å²) in [6.07, 6.45) is 0.943. The first-order valence-corrected chi connectivity index (χ1v) is 4.55. The number of carbonyl (C=O) groups excluding carboxylic acids is 1. The summed E-state index contributed by atoms with van der Waals surface area (Å²) in [5.74, 6) is -0.562. The van der Waals surface area contributed by atoms with Crippen LogP contribution in [0.2, 0.25) is 5.02 Å². The van der Waals surface area contributed by atoms with Crippen LogP contribution < -0.4 is 0 Å². The van der Waals surface area contributed by atoms with Gasteiger partial charge in [0, 0.05) is 17.6 Å². The molecule has 0 bridgehead atoms. The number of nitrogens with zero attached hydrogens (tertiary/aromatic N) is 1. The maximum atomic E-state index is 13.2. The Balaban J connectivity index is 2.69. The molecule has 0 radical (unpaired) electrons. The lowest BCUT2D eigenvalue weighted by Gasteiger charge is -2.02. The number of benzene rings is 1. The number of rotatable bonds is 0. The van der Waals surface area contributed by atoms with Crippen molar-refractivity contribution in [1.82, 2.24) is 4.57 Å². The monoisotopic (exact) mass is 227 g/mol. The second kappa shape index (κ2) is 3.55. The molecule has 1 aromatic carbocycles. The fraction of sp³-hybridized carbons (Fsp3) is 0.100. The van der Waals surface area contributed by atoms with E-state index in [4.69, 9.17) is 11.6 Å². The Bertz CT molecular complexity index is 535. The highest BCUT2D eigenvalue weighted by molar-refractivity contribution is 6.31. The predicted octanol–water partition coefficient (Wildman–Crippen LogP) is 3.05. The smallest absolute Gasteiger partial charge is 0.418 e. The molecule has 3 nitrogen and oxygen atoms in total. The van der Waals surface area contributed by atoms with Gasteiger partial charge in [0.05, 0.1) is 17.6 Å². The summed E-state index contributed by atoms with van der Waals surface area (Å²) in [4.78, 5) is 11.3. The van der Waals surface area contributed by atoms with Crippen molar-refractivity contribution >= 4 is 28.6 Å².